The Balaban J connectivity index is 0.000000762. The van der Waals surface area contributed by atoms with Crippen molar-refractivity contribution in [1.29, 1.82) is 0 Å². The summed E-state index contributed by atoms with van der Waals surface area (Å²) in [7, 11) is -0.769. The minimum absolute atomic E-state index is 0.0406. The number of methoxy groups -OCH3 is 2. The number of carbonyl (C=O) groups excluding carboxylic acids is 1. The van der Waals surface area contributed by atoms with Gasteiger partial charge in [-0.2, -0.15) is 17.5 Å². The molecule has 0 saturated carbocycles. The number of carboxylic acids is 1. The molecule has 1 fully saturated rings. The van der Waals surface area contributed by atoms with Gasteiger partial charge >= 0.3 is 12.1 Å². The van der Waals surface area contributed by atoms with Crippen LogP contribution in [0.1, 0.15) is 12.8 Å². The number of hydrogen-bond donors (Lipinski definition) is 2. The van der Waals surface area contributed by atoms with Crippen LogP contribution in [0.5, 0.6) is 5.75 Å². The second-order valence-electron chi connectivity index (χ2n) is 7.23. The lowest BCUT2D eigenvalue weighted by atomic mass is 10.3. The number of alkyl halides is 3. The van der Waals surface area contributed by atoms with E-state index in [1.165, 1.54) is 29.6 Å². The zero-order valence-electron chi connectivity index (χ0n) is 19.3. The van der Waals surface area contributed by atoms with Crippen LogP contribution in [-0.4, -0.2) is 101 Å². The number of hydrogen-bond acceptors (Lipinski definition) is 7. The van der Waals surface area contributed by atoms with Crippen molar-refractivity contribution >= 4 is 33.5 Å². The molecule has 1 aromatic rings. The number of benzene rings is 1. The molecule has 1 amide bonds. The second-order valence-corrected chi connectivity index (χ2v) is 9.58. The summed E-state index contributed by atoms with van der Waals surface area (Å²) in [6, 6.07) is 4.35. The number of sulfonamides is 1. The third-order valence-electron chi connectivity index (χ3n) is 4.80. The third kappa shape index (κ3) is 10.2. The van der Waals surface area contributed by atoms with Gasteiger partial charge in [0.15, 0.2) is 0 Å². The molecule has 0 unspecified atom stereocenters. The smallest absolute Gasteiger partial charge is 0.490 e. The van der Waals surface area contributed by atoms with Gasteiger partial charge in [0.05, 0.1) is 17.0 Å². The van der Waals surface area contributed by atoms with Crippen molar-refractivity contribution in [3.63, 3.8) is 0 Å². The van der Waals surface area contributed by atoms with Crippen molar-refractivity contribution in [2.75, 3.05) is 60.1 Å². The summed E-state index contributed by atoms with van der Waals surface area (Å²) >= 11 is 6.10. The third-order valence-corrected chi connectivity index (χ3v) is 6.99. The first kappa shape index (κ1) is 30.9. The highest BCUT2D eigenvalue weighted by atomic mass is 35.5. The molecule has 2 rings (SSSR count). The van der Waals surface area contributed by atoms with Crippen molar-refractivity contribution < 1.29 is 45.8 Å². The Morgan fingerprint density at radius 2 is 1.80 bits per heavy atom. The molecule has 200 valence electrons. The molecule has 0 bridgehead atoms. The standard InChI is InChI=1S/C18H28ClN3O5S.C2HF3O2/c1-26-13-3-9-22(10-6-18(23)21-11-7-20-8-12-21)28(24,25)15-4-5-17(27-2)16(19)14-15;3-2(4,5)1(6)7/h4-5,14,20H,3,6-13H2,1-2H3;(H,6,7). The molecule has 1 aliphatic heterocycles. The van der Waals surface area contributed by atoms with E-state index in [0.29, 0.717) is 31.9 Å². The first-order chi connectivity index (χ1) is 16.3. The van der Waals surface area contributed by atoms with Gasteiger partial charge in [0, 0.05) is 59.4 Å². The number of nitrogens with one attached hydrogen (secondary N) is 1. The van der Waals surface area contributed by atoms with Crippen molar-refractivity contribution in [3.05, 3.63) is 23.2 Å². The molecular weight excluding hydrogens is 519 g/mol. The summed E-state index contributed by atoms with van der Waals surface area (Å²) in [6.45, 7) is 3.60. The highest BCUT2D eigenvalue weighted by Crippen LogP contribution is 2.28. The highest BCUT2D eigenvalue weighted by Gasteiger charge is 2.38. The molecule has 0 spiro atoms. The minimum atomic E-state index is -5.08. The Morgan fingerprint density at radius 3 is 2.29 bits per heavy atom. The normalized spacial score (nSPS) is 14.3. The quantitative estimate of drug-likeness (QED) is 0.425. The average molecular weight is 548 g/mol. The Kier molecular flexibility index (Phi) is 12.7. The first-order valence-electron chi connectivity index (χ1n) is 10.5. The van der Waals surface area contributed by atoms with E-state index < -0.39 is 22.2 Å². The molecule has 1 saturated heterocycles. The molecule has 1 heterocycles. The zero-order valence-corrected chi connectivity index (χ0v) is 20.9. The predicted octanol–water partition coefficient (Wildman–Crippen LogP) is 1.83. The topological polar surface area (TPSA) is 125 Å². The van der Waals surface area contributed by atoms with Crippen LogP contribution >= 0.6 is 11.6 Å². The van der Waals surface area contributed by atoms with Gasteiger partial charge in [0.1, 0.15) is 5.75 Å². The van der Waals surface area contributed by atoms with E-state index in [9.17, 15) is 26.4 Å². The lowest BCUT2D eigenvalue weighted by molar-refractivity contribution is -0.192. The number of halogens is 4. The largest absolute Gasteiger partial charge is 0.495 e. The van der Waals surface area contributed by atoms with E-state index in [2.05, 4.69) is 5.32 Å². The lowest BCUT2D eigenvalue weighted by Crippen LogP contribution is -2.47. The van der Waals surface area contributed by atoms with Crippen molar-refractivity contribution in [2.45, 2.75) is 23.9 Å². The minimum Gasteiger partial charge on any atom is -0.495 e. The first-order valence-corrected chi connectivity index (χ1v) is 12.3. The number of carboxylic acid groups (broad SMARTS) is 1. The number of aliphatic carboxylic acids is 1. The van der Waals surface area contributed by atoms with E-state index in [1.54, 1.807) is 12.0 Å². The SMILES string of the molecule is COCCCN(CCC(=O)N1CCNCC1)S(=O)(=O)c1ccc(OC)c(Cl)c1.O=C(O)C(F)(F)F. The predicted molar refractivity (Wildman–Crippen MR) is 121 cm³/mol. The number of amides is 1. The number of rotatable bonds is 10. The van der Waals surface area contributed by atoms with Gasteiger partial charge in [-0.1, -0.05) is 11.6 Å². The number of nitrogens with zero attached hydrogens (tertiary/aromatic N) is 2. The molecule has 0 atom stereocenters. The summed E-state index contributed by atoms with van der Waals surface area (Å²) in [4.78, 5) is 23.2. The lowest BCUT2D eigenvalue weighted by Gasteiger charge is -2.29. The summed E-state index contributed by atoms with van der Waals surface area (Å²) < 4.78 is 69.4. The molecule has 0 radical (unpaired) electrons. The number of carbonyl (C=O) groups is 2. The van der Waals surface area contributed by atoms with E-state index in [0.717, 1.165) is 13.1 Å². The van der Waals surface area contributed by atoms with Gasteiger partial charge in [-0.25, -0.2) is 13.2 Å². The number of ether oxygens (including phenoxy) is 2. The van der Waals surface area contributed by atoms with Crippen LogP contribution in [-0.2, 0) is 24.3 Å². The molecule has 1 aliphatic rings. The van der Waals surface area contributed by atoms with Gasteiger partial charge in [-0.3, -0.25) is 4.79 Å². The second kappa shape index (κ2) is 14.4. The van der Waals surface area contributed by atoms with Crippen LogP contribution < -0.4 is 10.1 Å². The Bertz CT molecular complexity index is 942. The van der Waals surface area contributed by atoms with Gasteiger partial charge in [0.2, 0.25) is 15.9 Å². The zero-order chi connectivity index (χ0) is 26.6. The van der Waals surface area contributed by atoms with E-state index >= 15 is 0 Å². The fraction of sp³-hybridized carbons (Fsp3) is 0.600. The monoisotopic (exact) mass is 547 g/mol. The van der Waals surface area contributed by atoms with Crippen LogP contribution in [0, 0.1) is 0 Å². The van der Waals surface area contributed by atoms with E-state index in [-0.39, 0.29) is 35.3 Å². The van der Waals surface area contributed by atoms with Gasteiger partial charge < -0.3 is 24.8 Å². The maximum Gasteiger partial charge on any atom is 0.490 e. The fourth-order valence-electron chi connectivity index (χ4n) is 2.99. The van der Waals surface area contributed by atoms with Gasteiger partial charge in [-0.05, 0) is 24.6 Å². The molecule has 0 aliphatic carbocycles. The van der Waals surface area contributed by atoms with Crippen LogP contribution in [0.3, 0.4) is 0 Å². The Hall–Kier alpha value is -2.13. The van der Waals surface area contributed by atoms with Crippen LogP contribution in [0.15, 0.2) is 23.1 Å². The van der Waals surface area contributed by atoms with E-state index in [1.807, 2.05) is 0 Å². The Labute approximate surface area is 207 Å². The molecule has 0 aromatic heterocycles. The number of piperazine rings is 1. The van der Waals surface area contributed by atoms with E-state index in [4.69, 9.17) is 31.0 Å². The Morgan fingerprint density at radius 1 is 1.20 bits per heavy atom. The summed E-state index contributed by atoms with van der Waals surface area (Å²) in [5, 5.41) is 10.5. The molecule has 35 heavy (non-hydrogen) atoms. The van der Waals surface area contributed by atoms with Crippen LogP contribution in [0.2, 0.25) is 5.02 Å². The molecule has 10 nitrogen and oxygen atoms in total. The maximum atomic E-state index is 13.1. The van der Waals surface area contributed by atoms with Crippen LogP contribution in [0.4, 0.5) is 13.2 Å². The van der Waals surface area contributed by atoms with Crippen LogP contribution in [0.25, 0.3) is 0 Å². The highest BCUT2D eigenvalue weighted by molar-refractivity contribution is 7.89. The molecule has 15 heteroatoms. The summed E-state index contributed by atoms with van der Waals surface area (Å²) in [6.07, 6.45) is -4.42. The fourth-order valence-corrected chi connectivity index (χ4v) is 4.82. The average Bonchev–Trinajstić information content (AvgIpc) is 2.81. The van der Waals surface area contributed by atoms with Crippen molar-refractivity contribution in [2.24, 2.45) is 0 Å². The maximum absolute atomic E-state index is 13.1. The summed E-state index contributed by atoms with van der Waals surface area (Å²) in [5.41, 5.74) is 0. The summed E-state index contributed by atoms with van der Waals surface area (Å²) in [5.74, 6) is -2.39. The van der Waals surface area contributed by atoms with Gasteiger partial charge in [0.25, 0.3) is 0 Å². The van der Waals surface area contributed by atoms with Gasteiger partial charge in [-0.15, -0.1) is 0 Å². The van der Waals surface area contributed by atoms with Crippen molar-refractivity contribution in [3.8, 4) is 5.75 Å². The molecule has 2 N–H and O–H groups in total. The van der Waals surface area contributed by atoms with Crippen molar-refractivity contribution in [1.82, 2.24) is 14.5 Å². The molecule has 1 aromatic carbocycles. The molecular formula is C20H29ClF3N3O7S.